The van der Waals surface area contributed by atoms with Crippen molar-refractivity contribution in [3.63, 3.8) is 0 Å². The minimum Gasteiger partial charge on any atom is -0.397 e. The third-order valence-corrected chi connectivity index (χ3v) is 3.94. The number of benzene rings is 2. The van der Waals surface area contributed by atoms with Crippen LogP contribution in [0.15, 0.2) is 42.5 Å². The fraction of sp³-hybridized carbons (Fsp3) is 0.333. The predicted octanol–water partition coefficient (Wildman–Crippen LogP) is 4.28. The summed E-state index contributed by atoms with van der Waals surface area (Å²) in [4.78, 5) is 0. The Balaban J connectivity index is 2.14. The normalized spacial score (nSPS) is 11.4. The van der Waals surface area contributed by atoms with Crippen LogP contribution in [0.1, 0.15) is 30.5 Å². The zero-order valence-corrected chi connectivity index (χ0v) is 12.8. The molecule has 0 fully saturated rings. The van der Waals surface area contributed by atoms with E-state index in [-0.39, 0.29) is 5.41 Å². The minimum atomic E-state index is 0.0620. The average molecular weight is 268 g/mol. The molecule has 106 valence electrons. The molecule has 2 heteroatoms. The van der Waals surface area contributed by atoms with E-state index in [1.54, 1.807) is 0 Å². The first-order valence-corrected chi connectivity index (χ1v) is 7.06. The molecule has 0 saturated heterocycles. The Bertz CT molecular complexity index is 586. The number of nitrogen functional groups attached to an aromatic ring is 1. The Hall–Kier alpha value is -1.96. The van der Waals surface area contributed by atoms with Gasteiger partial charge in [-0.3, -0.25) is 0 Å². The summed E-state index contributed by atoms with van der Waals surface area (Å²) in [6, 6.07) is 14.7. The molecule has 20 heavy (non-hydrogen) atoms. The smallest absolute Gasteiger partial charge is 0.0577 e. The van der Waals surface area contributed by atoms with Crippen LogP contribution in [0.2, 0.25) is 0 Å². The van der Waals surface area contributed by atoms with Crippen molar-refractivity contribution in [3.8, 4) is 0 Å². The lowest BCUT2D eigenvalue weighted by atomic mass is 9.84. The molecule has 0 heterocycles. The second-order valence-corrected chi connectivity index (χ2v) is 6.13. The standard InChI is InChI=1S/C18H24N2/c1-13-10-16(19)17(11-14(13)2)20-12-18(3,4)15-8-6-5-7-9-15/h5-11,20H,12,19H2,1-4H3. The molecule has 0 radical (unpaired) electrons. The summed E-state index contributed by atoms with van der Waals surface area (Å²) in [5.41, 5.74) is 11.8. The second-order valence-electron chi connectivity index (χ2n) is 6.13. The van der Waals surface area contributed by atoms with Crippen molar-refractivity contribution >= 4 is 11.4 Å². The molecule has 0 unspecified atom stereocenters. The number of hydrogen-bond acceptors (Lipinski definition) is 2. The fourth-order valence-electron chi connectivity index (χ4n) is 2.30. The molecule has 0 bridgehead atoms. The molecule has 0 spiro atoms. The highest BCUT2D eigenvalue weighted by atomic mass is 14.9. The van der Waals surface area contributed by atoms with Gasteiger partial charge in [-0.05, 0) is 42.7 Å². The number of nitrogens with one attached hydrogen (secondary N) is 1. The van der Waals surface area contributed by atoms with Crippen LogP contribution < -0.4 is 11.1 Å². The van der Waals surface area contributed by atoms with Crippen LogP contribution in [0, 0.1) is 13.8 Å². The van der Waals surface area contributed by atoms with Gasteiger partial charge >= 0.3 is 0 Å². The van der Waals surface area contributed by atoms with Crippen LogP contribution in [-0.4, -0.2) is 6.54 Å². The molecule has 0 aliphatic heterocycles. The van der Waals surface area contributed by atoms with Crippen molar-refractivity contribution in [2.45, 2.75) is 33.1 Å². The first-order chi connectivity index (χ1) is 9.40. The maximum Gasteiger partial charge on any atom is 0.0577 e. The van der Waals surface area contributed by atoms with Crippen molar-refractivity contribution in [1.82, 2.24) is 0 Å². The van der Waals surface area contributed by atoms with E-state index < -0.39 is 0 Å². The topological polar surface area (TPSA) is 38.0 Å². The van der Waals surface area contributed by atoms with Crippen molar-refractivity contribution in [2.24, 2.45) is 0 Å². The molecule has 0 amide bonds. The minimum absolute atomic E-state index is 0.0620. The molecule has 0 aliphatic rings. The quantitative estimate of drug-likeness (QED) is 0.812. The lowest BCUT2D eigenvalue weighted by Gasteiger charge is -2.27. The Labute approximate surface area is 122 Å². The van der Waals surface area contributed by atoms with Crippen LogP contribution >= 0.6 is 0 Å². The lowest BCUT2D eigenvalue weighted by Crippen LogP contribution is -2.27. The molecule has 0 aromatic heterocycles. The van der Waals surface area contributed by atoms with Gasteiger partial charge in [0.2, 0.25) is 0 Å². The van der Waals surface area contributed by atoms with E-state index in [2.05, 4.69) is 63.3 Å². The summed E-state index contributed by atoms with van der Waals surface area (Å²) < 4.78 is 0. The Morgan fingerprint density at radius 1 is 1.00 bits per heavy atom. The Kier molecular flexibility index (Phi) is 4.03. The highest BCUT2D eigenvalue weighted by Gasteiger charge is 2.20. The molecule has 3 N–H and O–H groups in total. The summed E-state index contributed by atoms with van der Waals surface area (Å²) in [5.74, 6) is 0. The van der Waals surface area contributed by atoms with Crippen molar-refractivity contribution in [3.05, 3.63) is 59.2 Å². The number of aryl methyl sites for hydroxylation is 2. The first kappa shape index (κ1) is 14.4. The first-order valence-electron chi connectivity index (χ1n) is 7.06. The van der Waals surface area contributed by atoms with E-state index >= 15 is 0 Å². The van der Waals surface area contributed by atoms with Gasteiger partial charge in [-0.25, -0.2) is 0 Å². The van der Waals surface area contributed by atoms with Gasteiger partial charge in [0.15, 0.2) is 0 Å². The van der Waals surface area contributed by atoms with E-state index in [4.69, 9.17) is 5.73 Å². The number of hydrogen-bond donors (Lipinski definition) is 2. The van der Waals surface area contributed by atoms with E-state index in [1.165, 1.54) is 16.7 Å². The zero-order chi connectivity index (χ0) is 14.8. The fourth-order valence-corrected chi connectivity index (χ4v) is 2.30. The number of nitrogens with two attached hydrogens (primary N) is 1. The van der Waals surface area contributed by atoms with Crippen molar-refractivity contribution in [2.75, 3.05) is 17.6 Å². The monoisotopic (exact) mass is 268 g/mol. The highest BCUT2D eigenvalue weighted by Crippen LogP contribution is 2.27. The summed E-state index contributed by atoms with van der Waals surface area (Å²) in [7, 11) is 0. The van der Waals surface area contributed by atoms with Gasteiger partial charge in [-0.1, -0.05) is 44.2 Å². The summed E-state index contributed by atoms with van der Waals surface area (Å²) in [5, 5.41) is 3.49. The highest BCUT2D eigenvalue weighted by molar-refractivity contribution is 5.68. The van der Waals surface area contributed by atoms with E-state index in [0.29, 0.717) is 0 Å². The van der Waals surface area contributed by atoms with Crippen LogP contribution in [0.25, 0.3) is 0 Å². The maximum absolute atomic E-state index is 6.10. The largest absolute Gasteiger partial charge is 0.397 e. The van der Waals surface area contributed by atoms with E-state index in [1.807, 2.05) is 12.1 Å². The summed E-state index contributed by atoms with van der Waals surface area (Å²) >= 11 is 0. The van der Waals surface area contributed by atoms with Crippen LogP contribution in [-0.2, 0) is 5.41 Å². The molecular weight excluding hydrogens is 244 g/mol. The van der Waals surface area contributed by atoms with Crippen molar-refractivity contribution < 1.29 is 0 Å². The average Bonchev–Trinajstić information content (AvgIpc) is 2.42. The maximum atomic E-state index is 6.10. The van der Waals surface area contributed by atoms with Gasteiger partial charge in [0, 0.05) is 12.0 Å². The van der Waals surface area contributed by atoms with Gasteiger partial charge < -0.3 is 11.1 Å². The molecule has 0 aliphatic carbocycles. The number of rotatable bonds is 4. The molecule has 2 rings (SSSR count). The lowest BCUT2D eigenvalue weighted by molar-refractivity contribution is 0.557. The molecule has 2 aromatic carbocycles. The number of anilines is 2. The SMILES string of the molecule is Cc1cc(N)c(NCC(C)(C)c2ccccc2)cc1C. The molecule has 0 saturated carbocycles. The molecule has 2 aromatic rings. The Morgan fingerprint density at radius 3 is 2.25 bits per heavy atom. The zero-order valence-electron chi connectivity index (χ0n) is 12.8. The van der Waals surface area contributed by atoms with Crippen LogP contribution in [0.5, 0.6) is 0 Å². The van der Waals surface area contributed by atoms with Gasteiger partial charge in [-0.2, -0.15) is 0 Å². The van der Waals surface area contributed by atoms with Gasteiger partial charge in [0.1, 0.15) is 0 Å². The molecular formula is C18H24N2. The second kappa shape index (κ2) is 5.58. The third-order valence-electron chi connectivity index (χ3n) is 3.94. The summed E-state index contributed by atoms with van der Waals surface area (Å²) in [6.45, 7) is 9.54. The van der Waals surface area contributed by atoms with Crippen LogP contribution in [0.4, 0.5) is 11.4 Å². The Morgan fingerprint density at radius 2 is 1.60 bits per heavy atom. The van der Waals surface area contributed by atoms with Gasteiger partial charge in [-0.15, -0.1) is 0 Å². The third kappa shape index (κ3) is 3.13. The van der Waals surface area contributed by atoms with Crippen LogP contribution in [0.3, 0.4) is 0 Å². The van der Waals surface area contributed by atoms with Crippen molar-refractivity contribution in [1.29, 1.82) is 0 Å². The van der Waals surface area contributed by atoms with Gasteiger partial charge in [0.25, 0.3) is 0 Å². The van der Waals surface area contributed by atoms with E-state index in [0.717, 1.165) is 17.9 Å². The molecule has 2 nitrogen and oxygen atoms in total. The summed E-state index contributed by atoms with van der Waals surface area (Å²) in [6.07, 6.45) is 0. The predicted molar refractivity (Wildman–Crippen MR) is 88.3 cm³/mol. The van der Waals surface area contributed by atoms with Gasteiger partial charge in [0.05, 0.1) is 11.4 Å². The van der Waals surface area contributed by atoms with E-state index in [9.17, 15) is 0 Å². The molecule has 0 atom stereocenters.